The van der Waals surface area contributed by atoms with E-state index in [0.29, 0.717) is 27.5 Å². The number of aromatic nitrogens is 7. The van der Waals surface area contributed by atoms with Crippen molar-refractivity contribution in [3.05, 3.63) is 97.8 Å². The predicted octanol–water partition coefficient (Wildman–Crippen LogP) is 8.76. The van der Waals surface area contributed by atoms with Crippen LogP contribution >= 0.6 is 23.5 Å². The number of pyridine rings is 1. The number of hydrogen-bond acceptors (Lipinski definition) is 9. The molecule has 2 aliphatic carbocycles. The van der Waals surface area contributed by atoms with Gasteiger partial charge in [0.1, 0.15) is 41.5 Å². The second-order valence-corrected chi connectivity index (χ2v) is 16.4. The molecule has 0 aliphatic heterocycles. The fourth-order valence-corrected chi connectivity index (χ4v) is 8.78. The van der Waals surface area contributed by atoms with Gasteiger partial charge in [0.2, 0.25) is 17.7 Å². The third kappa shape index (κ3) is 8.04. The topological polar surface area (TPSA) is 134 Å². The molecule has 2 N–H and O–H groups in total. The van der Waals surface area contributed by atoms with Crippen LogP contribution in [0, 0.1) is 17.6 Å². The van der Waals surface area contributed by atoms with E-state index in [1.54, 1.807) is 13.3 Å². The molecule has 0 saturated heterocycles. The van der Waals surface area contributed by atoms with Crippen molar-refractivity contribution in [1.82, 2.24) is 39.4 Å². The van der Waals surface area contributed by atoms with Crippen LogP contribution in [0.25, 0.3) is 27.6 Å². The molecule has 0 spiro atoms. The second kappa shape index (κ2) is 16.4. The first-order valence-corrected chi connectivity index (χ1v) is 20.9. The van der Waals surface area contributed by atoms with Gasteiger partial charge in [-0.1, -0.05) is 30.5 Å². The lowest BCUT2D eigenvalue weighted by Gasteiger charge is -2.28. The standard InChI is InChI=1S/C40H36ClF8N9O3S/c1-18-12-24-31(34(44)45)53-57(33(24)40(18,48)49)17-28(59)50-26(15-19-13-20(42)16-21(43)14-19)37-52-35-23(4-7-29(51-35)61-22-8-10-39(46,47)11-9-22)38(60)58(37)27-6-5-25(41)30-32(27)56(2)54-36(30)55-62-3/h4-7,13-14,16,18,22,26,34H,8-12,15,17H2,1-3H3,(H,50,59)(H,54,55). The number of ether oxygens (including phenoxy) is 1. The molecule has 62 heavy (non-hydrogen) atoms. The lowest BCUT2D eigenvalue weighted by Crippen LogP contribution is -2.38. The molecule has 12 nitrogen and oxygen atoms in total. The first kappa shape index (κ1) is 43.2. The molecule has 0 radical (unpaired) electrons. The van der Waals surface area contributed by atoms with E-state index >= 15 is 8.78 Å². The summed E-state index contributed by atoms with van der Waals surface area (Å²) in [6.07, 6.45) is -3.74. The number of nitrogens with one attached hydrogen (secondary N) is 2. The molecule has 22 heteroatoms. The van der Waals surface area contributed by atoms with E-state index in [0.717, 1.165) is 16.7 Å². The van der Waals surface area contributed by atoms with Crippen LogP contribution in [0.3, 0.4) is 0 Å². The average Bonchev–Trinajstić information content (AvgIpc) is 3.80. The molecule has 0 bridgehead atoms. The summed E-state index contributed by atoms with van der Waals surface area (Å²) >= 11 is 7.90. The Morgan fingerprint density at radius 1 is 1.03 bits per heavy atom. The molecule has 6 aromatic rings. The lowest BCUT2D eigenvalue weighted by molar-refractivity contribution is -0.123. The SMILES string of the molecule is CSNc1nn(C)c2c(-n3c(C(Cc4cc(F)cc(F)c4)NC(=O)Cn4nc(C(F)F)c5c4C(F)(F)C(C)C5)nc4nc(OC5CCC(F)(F)CC5)ccc4c3=O)ccc(Cl)c12. The number of carbonyl (C=O) groups excluding carboxylic acids is 1. The van der Waals surface area contributed by atoms with Gasteiger partial charge in [-0.15, -0.1) is 0 Å². The zero-order chi connectivity index (χ0) is 44.4. The summed E-state index contributed by atoms with van der Waals surface area (Å²) in [7, 11) is 1.58. The maximum Gasteiger partial charge on any atom is 0.292 e. The largest absolute Gasteiger partial charge is 0.474 e. The molecule has 2 unspecified atom stereocenters. The van der Waals surface area contributed by atoms with Crippen molar-refractivity contribution in [2.45, 2.75) is 82.4 Å². The molecule has 2 aliphatic rings. The van der Waals surface area contributed by atoms with E-state index in [-0.39, 0.29) is 57.4 Å². The van der Waals surface area contributed by atoms with Gasteiger partial charge in [-0.05, 0) is 55.2 Å². The minimum atomic E-state index is -3.62. The van der Waals surface area contributed by atoms with Crippen molar-refractivity contribution >= 4 is 57.2 Å². The number of alkyl halides is 6. The van der Waals surface area contributed by atoms with Gasteiger partial charge < -0.3 is 14.8 Å². The highest BCUT2D eigenvalue weighted by Gasteiger charge is 2.51. The van der Waals surface area contributed by atoms with Crippen molar-refractivity contribution in [3.63, 3.8) is 0 Å². The Hall–Kier alpha value is -5.44. The summed E-state index contributed by atoms with van der Waals surface area (Å²) in [5, 5.41) is 11.4. The fourth-order valence-electron chi connectivity index (χ4n) is 8.20. The van der Waals surface area contributed by atoms with Gasteiger partial charge in [0, 0.05) is 56.2 Å². The quantitative estimate of drug-likeness (QED) is 0.0914. The van der Waals surface area contributed by atoms with Gasteiger partial charge in [-0.3, -0.25) is 23.5 Å². The van der Waals surface area contributed by atoms with Crippen LogP contribution in [0.2, 0.25) is 5.02 Å². The van der Waals surface area contributed by atoms with Gasteiger partial charge in [0.25, 0.3) is 17.9 Å². The first-order chi connectivity index (χ1) is 29.3. The van der Waals surface area contributed by atoms with E-state index in [1.165, 1.54) is 47.8 Å². The molecular weight excluding hydrogens is 874 g/mol. The molecule has 1 fully saturated rings. The van der Waals surface area contributed by atoms with E-state index in [4.69, 9.17) is 21.3 Å². The molecule has 2 aromatic carbocycles. The molecule has 328 valence electrons. The minimum absolute atomic E-state index is 0.0268. The molecule has 1 amide bonds. The molecule has 2 atom stereocenters. The highest BCUT2D eigenvalue weighted by Crippen LogP contribution is 2.48. The Morgan fingerprint density at radius 3 is 2.42 bits per heavy atom. The monoisotopic (exact) mass is 909 g/mol. The number of amides is 1. The highest BCUT2D eigenvalue weighted by atomic mass is 35.5. The summed E-state index contributed by atoms with van der Waals surface area (Å²) in [6.45, 7) is 0.184. The normalized spacial score (nSPS) is 17.8. The number of carbonyl (C=O) groups is 1. The Kier molecular flexibility index (Phi) is 11.4. The Bertz CT molecular complexity index is 2770. The van der Waals surface area contributed by atoms with Crippen LogP contribution in [0.4, 0.5) is 40.9 Å². The van der Waals surface area contributed by atoms with E-state index in [2.05, 4.69) is 25.2 Å². The molecule has 8 rings (SSSR count). The smallest absolute Gasteiger partial charge is 0.292 e. The maximum atomic E-state index is 15.5. The zero-order valence-corrected chi connectivity index (χ0v) is 34.5. The van der Waals surface area contributed by atoms with Crippen LogP contribution in [0.5, 0.6) is 5.88 Å². The summed E-state index contributed by atoms with van der Waals surface area (Å²) in [6, 6.07) is 6.77. The number of benzene rings is 2. The summed E-state index contributed by atoms with van der Waals surface area (Å²) in [4.78, 5) is 38.2. The van der Waals surface area contributed by atoms with Gasteiger partial charge in [-0.2, -0.15) is 24.0 Å². The van der Waals surface area contributed by atoms with Crippen LogP contribution < -0.4 is 20.3 Å². The van der Waals surface area contributed by atoms with Crippen molar-refractivity contribution in [2.75, 3.05) is 11.0 Å². The van der Waals surface area contributed by atoms with E-state index in [1.807, 2.05) is 0 Å². The van der Waals surface area contributed by atoms with Crippen molar-refractivity contribution in [2.24, 2.45) is 13.0 Å². The van der Waals surface area contributed by atoms with Gasteiger partial charge in [0.05, 0.1) is 33.0 Å². The van der Waals surface area contributed by atoms with Crippen LogP contribution in [0.1, 0.15) is 73.4 Å². The van der Waals surface area contributed by atoms with Crippen LogP contribution in [-0.2, 0) is 37.2 Å². The fraction of sp³-hybridized carbons (Fsp3) is 0.400. The molecule has 4 aromatic heterocycles. The van der Waals surface area contributed by atoms with Crippen molar-refractivity contribution < 1.29 is 44.7 Å². The first-order valence-electron chi connectivity index (χ1n) is 19.3. The molecule has 1 saturated carbocycles. The zero-order valence-electron chi connectivity index (χ0n) is 33.0. The van der Waals surface area contributed by atoms with E-state index < -0.39 is 103 Å². The van der Waals surface area contributed by atoms with Gasteiger partial charge in [-0.25, -0.2) is 31.3 Å². The Labute approximate surface area is 356 Å². The average molecular weight is 910 g/mol. The third-order valence-corrected chi connectivity index (χ3v) is 11.8. The maximum absolute atomic E-state index is 15.5. The highest BCUT2D eigenvalue weighted by molar-refractivity contribution is 7.99. The number of aryl methyl sites for hydroxylation is 1. The van der Waals surface area contributed by atoms with Crippen molar-refractivity contribution in [1.29, 1.82) is 0 Å². The Morgan fingerprint density at radius 2 is 1.74 bits per heavy atom. The Balaban J connectivity index is 1.31. The predicted molar refractivity (Wildman–Crippen MR) is 214 cm³/mol. The minimum Gasteiger partial charge on any atom is -0.474 e. The van der Waals surface area contributed by atoms with Gasteiger partial charge >= 0.3 is 0 Å². The molecule has 4 heterocycles. The molecular formula is C40H36ClF8N9O3S. The summed E-state index contributed by atoms with van der Waals surface area (Å²) in [5.41, 5.74) is -2.72. The van der Waals surface area contributed by atoms with Gasteiger partial charge in [0.15, 0.2) is 11.5 Å². The van der Waals surface area contributed by atoms with Crippen molar-refractivity contribution in [3.8, 4) is 11.6 Å². The third-order valence-electron chi connectivity index (χ3n) is 11.1. The van der Waals surface area contributed by atoms with Crippen LogP contribution in [-0.4, -0.2) is 58.3 Å². The number of hydrogen-bond donors (Lipinski definition) is 2. The van der Waals surface area contributed by atoms with E-state index in [9.17, 15) is 35.9 Å². The summed E-state index contributed by atoms with van der Waals surface area (Å²) < 4.78 is 128. The number of fused-ring (bicyclic) bond motifs is 3. The second-order valence-electron chi connectivity index (χ2n) is 15.4. The lowest BCUT2D eigenvalue weighted by atomic mass is 9.94. The number of nitrogens with zero attached hydrogens (tertiary/aromatic N) is 7. The number of halogens is 9. The number of anilines is 1. The van der Waals surface area contributed by atoms with Crippen LogP contribution in [0.15, 0.2) is 47.3 Å². The number of rotatable bonds is 12. The summed E-state index contributed by atoms with van der Waals surface area (Å²) in [5.74, 6) is -10.9.